The molecule has 1 heterocycles. The van der Waals surface area contributed by atoms with Crippen LogP contribution in [-0.2, 0) is 14.4 Å². The van der Waals surface area contributed by atoms with Crippen LogP contribution < -0.4 is 4.74 Å². The first kappa shape index (κ1) is 14.6. The van der Waals surface area contributed by atoms with Crippen molar-refractivity contribution in [3.8, 4) is 5.88 Å². The van der Waals surface area contributed by atoms with Gasteiger partial charge in [0.25, 0.3) is 0 Å². The zero-order valence-electron chi connectivity index (χ0n) is 9.65. The van der Waals surface area contributed by atoms with E-state index in [-0.39, 0.29) is 5.88 Å². The Morgan fingerprint density at radius 2 is 1.89 bits per heavy atom. The molecule has 19 heavy (non-hydrogen) atoms. The van der Waals surface area contributed by atoms with Crippen molar-refractivity contribution in [2.45, 2.75) is 18.4 Å². The van der Waals surface area contributed by atoms with Crippen LogP contribution in [0.25, 0.3) is 0 Å². The van der Waals surface area contributed by atoms with Crippen LogP contribution in [0, 0.1) is 0 Å². The maximum Gasteiger partial charge on any atom is 0.336 e. The third-order valence-corrected chi connectivity index (χ3v) is 2.13. The molecule has 0 aliphatic heterocycles. The van der Waals surface area contributed by atoms with Crippen molar-refractivity contribution >= 4 is 17.9 Å². The molecule has 3 N–H and O–H groups in total. The van der Waals surface area contributed by atoms with E-state index in [9.17, 15) is 19.5 Å². The van der Waals surface area contributed by atoms with Crippen LogP contribution in [0.3, 0.4) is 0 Å². The van der Waals surface area contributed by atoms with Gasteiger partial charge in [-0.1, -0.05) is 6.07 Å². The average Bonchev–Trinajstić information content (AvgIpc) is 2.28. The number of esters is 1. The number of carboxylic acids is 2. The van der Waals surface area contributed by atoms with Crippen LogP contribution in [0.15, 0.2) is 24.4 Å². The Labute approximate surface area is 107 Å². The first-order valence-electron chi connectivity index (χ1n) is 5.13. The molecule has 8 heteroatoms. The van der Waals surface area contributed by atoms with Gasteiger partial charge in [0, 0.05) is 12.3 Å². The number of carbonyl (C=O) groups excluding carboxylic acids is 1. The highest BCUT2D eigenvalue weighted by Gasteiger charge is 2.41. The lowest BCUT2D eigenvalue weighted by Gasteiger charge is -2.19. The second-order valence-corrected chi connectivity index (χ2v) is 3.73. The SMILES string of the molecule is O=C(O)CC(O)(CC(=O)Oc1ccccn1)C(=O)O. The molecule has 0 spiro atoms. The number of aliphatic hydroxyl groups is 1. The Hall–Kier alpha value is -2.48. The molecule has 0 saturated carbocycles. The normalized spacial score (nSPS) is 13.3. The van der Waals surface area contributed by atoms with Crippen molar-refractivity contribution in [3.05, 3.63) is 24.4 Å². The van der Waals surface area contributed by atoms with E-state index >= 15 is 0 Å². The minimum atomic E-state index is -2.71. The summed E-state index contributed by atoms with van der Waals surface area (Å²) in [7, 11) is 0. The van der Waals surface area contributed by atoms with Crippen LogP contribution in [0.4, 0.5) is 0 Å². The summed E-state index contributed by atoms with van der Waals surface area (Å²) < 4.78 is 4.68. The Balaban J connectivity index is 2.72. The molecule has 1 unspecified atom stereocenters. The highest BCUT2D eigenvalue weighted by Crippen LogP contribution is 2.17. The van der Waals surface area contributed by atoms with Gasteiger partial charge in [0.1, 0.15) is 0 Å². The van der Waals surface area contributed by atoms with Gasteiger partial charge < -0.3 is 20.1 Å². The molecule has 0 saturated heterocycles. The predicted octanol–water partition coefficient (Wildman–Crippen LogP) is -0.333. The summed E-state index contributed by atoms with van der Waals surface area (Å²) in [5, 5.41) is 26.9. The quantitative estimate of drug-likeness (QED) is 0.597. The van der Waals surface area contributed by atoms with Crippen molar-refractivity contribution in [2.24, 2.45) is 0 Å². The van der Waals surface area contributed by atoms with Gasteiger partial charge in [-0.25, -0.2) is 9.78 Å². The Morgan fingerprint density at radius 1 is 1.21 bits per heavy atom. The highest BCUT2D eigenvalue weighted by molar-refractivity contribution is 5.88. The van der Waals surface area contributed by atoms with Crippen LogP contribution in [-0.4, -0.2) is 43.8 Å². The summed E-state index contributed by atoms with van der Waals surface area (Å²) in [5.74, 6) is -4.52. The van der Waals surface area contributed by atoms with E-state index in [4.69, 9.17) is 10.2 Å². The summed E-state index contributed by atoms with van der Waals surface area (Å²) in [6.07, 6.45) is -0.756. The first-order valence-corrected chi connectivity index (χ1v) is 5.13. The number of aliphatic carboxylic acids is 2. The fraction of sp³-hybridized carbons (Fsp3) is 0.273. The van der Waals surface area contributed by atoms with Crippen molar-refractivity contribution in [2.75, 3.05) is 0 Å². The molecule has 1 aromatic heterocycles. The number of carbonyl (C=O) groups is 3. The number of ether oxygens (including phenoxy) is 1. The number of hydrogen-bond donors (Lipinski definition) is 3. The monoisotopic (exact) mass is 269 g/mol. The van der Waals surface area contributed by atoms with Crippen molar-refractivity contribution in [1.82, 2.24) is 4.98 Å². The van der Waals surface area contributed by atoms with Crippen LogP contribution in [0.2, 0.25) is 0 Å². The maximum absolute atomic E-state index is 11.4. The number of carboxylic acid groups (broad SMARTS) is 2. The molecule has 1 rings (SSSR count). The van der Waals surface area contributed by atoms with Gasteiger partial charge in [-0.2, -0.15) is 0 Å². The van der Waals surface area contributed by atoms with Gasteiger partial charge in [0.15, 0.2) is 5.60 Å². The molecular weight excluding hydrogens is 258 g/mol. The molecule has 0 bridgehead atoms. The summed E-state index contributed by atoms with van der Waals surface area (Å²) in [6.45, 7) is 0. The number of nitrogens with zero attached hydrogens (tertiary/aromatic N) is 1. The minimum absolute atomic E-state index is 0.0736. The number of rotatable bonds is 6. The average molecular weight is 269 g/mol. The lowest BCUT2D eigenvalue weighted by molar-refractivity contribution is -0.169. The maximum atomic E-state index is 11.4. The second kappa shape index (κ2) is 5.91. The van der Waals surface area contributed by atoms with E-state index in [1.165, 1.54) is 18.3 Å². The molecule has 8 nitrogen and oxygen atoms in total. The molecule has 1 atom stereocenters. The zero-order valence-corrected chi connectivity index (χ0v) is 9.65. The third kappa shape index (κ3) is 4.36. The summed E-state index contributed by atoms with van der Waals surface area (Å²) in [5.41, 5.74) is -2.71. The number of aromatic nitrogens is 1. The number of hydrogen-bond acceptors (Lipinski definition) is 6. The largest absolute Gasteiger partial charge is 0.481 e. The van der Waals surface area contributed by atoms with Crippen molar-refractivity contribution < 1.29 is 34.4 Å². The van der Waals surface area contributed by atoms with Crippen LogP contribution in [0.1, 0.15) is 12.8 Å². The lowest BCUT2D eigenvalue weighted by Crippen LogP contribution is -2.43. The van der Waals surface area contributed by atoms with Gasteiger partial charge >= 0.3 is 17.9 Å². The first-order chi connectivity index (χ1) is 8.83. The molecule has 0 aliphatic carbocycles. The van der Waals surface area contributed by atoms with Gasteiger partial charge in [-0.15, -0.1) is 0 Å². The van der Waals surface area contributed by atoms with Crippen molar-refractivity contribution in [1.29, 1.82) is 0 Å². The third-order valence-electron chi connectivity index (χ3n) is 2.13. The van der Waals surface area contributed by atoms with E-state index in [0.717, 1.165) is 0 Å². The topological polar surface area (TPSA) is 134 Å². The number of pyridine rings is 1. The fourth-order valence-electron chi connectivity index (χ4n) is 1.26. The summed E-state index contributed by atoms with van der Waals surface area (Å²) in [4.78, 5) is 36.4. The van der Waals surface area contributed by atoms with Gasteiger partial charge in [0.05, 0.1) is 12.8 Å². The fourth-order valence-corrected chi connectivity index (χ4v) is 1.26. The van der Waals surface area contributed by atoms with E-state index in [1.54, 1.807) is 6.07 Å². The second-order valence-electron chi connectivity index (χ2n) is 3.73. The van der Waals surface area contributed by atoms with E-state index in [2.05, 4.69) is 9.72 Å². The van der Waals surface area contributed by atoms with Gasteiger partial charge in [-0.05, 0) is 6.07 Å². The Morgan fingerprint density at radius 3 is 2.37 bits per heavy atom. The van der Waals surface area contributed by atoms with Crippen molar-refractivity contribution in [3.63, 3.8) is 0 Å². The highest BCUT2D eigenvalue weighted by atomic mass is 16.5. The van der Waals surface area contributed by atoms with E-state index in [0.29, 0.717) is 0 Å². The summed E-state index contributed by atoms with van der Waals surface area (Å²) in [6, 6.07) is 4.47. The smallest absolute Gasteiger partial charge is 0.336 e. The Kier molecular flexibility index (Phi) is 4.54. The minimum Gasteiger partial charge on any atom is -0.481 e. The molecular formula is C11H11NO7. The lowest BCUT2D eigenvalue weighted by atomic mass is 9.96. The molecule has 0 aromatic carbocycles. The Bertz CT molecular complexity index is 487. The predicted molar refractivity (Wildman–Crippen MR) is 59.3 cm³/mol. The molecule has 102 valence electrons. The molecule has 0 fully saturated rings. The molecule has 0 amide bonds. The van der Waals surface area contributed by atoms with Gasteiger partial charge in [-0.3, -0.25) is 9.59 Å². The van der Waals surface area contributed by atoms with Crippen LogP contribution in [0.5, 0.6) is 5.88 Å². The van der Waals surface area contributed by atoms with E-state index < -0.39 is 36.4 Å². The standard InChI is InChI=1S/C11H11NO7/c13-8(14)5-11(18,10(16)17)6-9(15)19-7-3-1-2-4-12-7/h1-4,18H,5-6H2,(H,13,14)(H,16,17). The summed E-state index contributed by atoms with van der Waals surface area (Å²) >= 11 is 0. The van der Waals surface area contributed by atoms with Crippen LogP contribution >= 0.6 is 0 Å². The molecule has 1 aromatic rings. The zero-order chi connectivity index (χ0) is 14.5. The molecule has 0 aliphatic rings. The van der Waals surface area contributed by atoms with Gasteiger partial charge in [0.2, 0.25) is 5.88 Å². The molecule has 0 radical (unpaired) electrons. The van der Waals surface area contributed by atoms with E-state index in [1.807, 2.05) is 0 Å².